The van der Waals surface area contributed by atoms with E-state index in [-0.39, 0.29) is 13.2 Å². The number of ether oxygens (including phenoxy) is 2. The molecular weight excluding hydrogens is 211 g/mol. The molecule has 0 aliphatic rings. The van der Waals surface area contributed by atoms with Crippen molar-refractivity contribution < 1.29 is 22.6 Å². The molecule has 0 spiro atoms. The van der Waals surface area contributed by atoms with Crippen molar-refractivity contribution in [3.63, 3.8) is 0 Å². The lowest BCUT2D eigenvalue weighted by Crippen LogP contribution is -2.25. The zero-order valence-electron chi connectivity index (χ0n) is 8.90. The van der Waals surface area contributed by atoms with Gasteiger partial charge in [0.25, 0.3) is 0 Å². The van der Waals surface area contributed by atoms with Crippen molar-refractivity contribution in [3.05, 3.63) is 0 Å². The molecule has 0 aliphatic carbocycles. The van der Waals surface area contributed by atoms with E-state index < -0.39 is 6.36 Å². The molecule has 0 aliphatic heterocycles. The lowest BCUT2D eigenvalue weighted by atomic mass is 10.4. The predicted octanol–water partition coefficient (Wildman–Crippen LogP) is 1.93. The minimum absolute atomic E-state index is 0.202. The van der Waals surface area contributed by atoms with Gasteiger partial charge in [-0.25, -0.2) is 0 Å². The molecule has 0 fully saturated rings. The topological polar surface area (TPSA) is 30.5 Å². The summed E-state index contributed by atoms with van der Waals surface area (Å²) < 4.78 is 43.3. The minimum atomic E-state index is -4.52. The monoisotopic (exact) mass is 229 g/mol. The molecule has 0 amide bonds. The first-order chi connectivity index (χ1) is 7.06. The van der Waals surface area contributed by atoms with Crippen molar-refractivity contribution in [2.24, 2.45) is 0 Å². The molecule has 1 N–H and O–H groups in total. The fourth-order valence-electron chi connectivity index (χ4n) is 0.910. The molecule has 0 aromatic heterocycles. The van der Waals surface area contributed by atoms with Crippen LogP contribution in [0.25, 0.3) is 0 Å². The van der Waals surface area contributed by atoms with Crippen LogP contribution < -0.4 is 5.32 Å². The van der Waals surface area contributed by atoms with Gasteiger partial charge in [-0.1, -0.05) is 6.92 Å². The lowest BCUT2D eigenvalue weighted by Gasteiger charge is -2.08. The van der Waals surface area contributed by atoms with Crippen LogP contribution in [0.4, 0.5) is 13.2 Å². The molecule has 0 heterocycles. The van der Waals surface area contributed by atoms with E-state index in [2.05, 4.69) is 10.1 Å². The second kappa shape index (κ2) is 8.94. The van der Waals surface area contributed by atoms with E-state index >= 15 is 0 Å². The molecule has 0 rings (SSSR count). The van der Waals surface area contributed by atoms with Gasteiger partial charge in [0.1, 0.15) is 0 Å². The highest BCUT2D eigenvalue weighted by Crippen LogP contribution is 2.14. The number of rotatable bonds is 9. The molecule has 0 saturated heterocycles. The quantitative estimate of drug-likeness (QED) is 0.613. The largest absolute Gasteiger partial charge is 0.522 e. The third-order valence-electron chi connectivity index (χ3n) is 1.54. The molecule has 0 aromatic carbocycles. The summed E-state index contributed by atoms with van der Waals surface area (Å²) in [6.45, 7) is 3.89. The maximum Gasteiger partial charge on any atom is 0.522 e. The minimum Gasteiger partial charge on any atom is -0.381 e. The second-order valence-electron chi connectivity index (χ2n) is 3.01. The van der Waals surface area contributed by atoms with Crippen LogP contribution in [-0.2, 0) is 9.47 Å². The first-order valence-corrected chi connectivity index (χ1v) is 5.05. The van der Waals surface area contributed by atoms with Gasteiger partial charge in [0, 0.05) is 19.8 Å². The first kappa shape index (κ1) is 14.7. The molecule has 6 heteroatoms. The van der Waals surface area contributed by atoms with Crippen molar-refractivity contribution in [2.75, 3.05) is 32.9 Å². The molecule has 92 valence electrons. The summed E-state index contributed by atoms with van der Waals surface area (Å²) in [7, 11) is 0. The molecule has 15 heavy (non-hydrogen) atoms. The maximum absolute atomic E-state index is 11.5. The van der Waals surface area contributed by atoms with E-state index in [9.17, 15) is 13.2 Å². The fourth-order valence-corrected chi connectivity index (χ4v) is 0.910. The second-order valence-corrected chi connectivity index (χ2v) is 3.01. The Labute approximate surface area is 87.9 Å². The van der Waals surface area contributed by atoms with Gasteiger partial charge in [-0.3, -0.25) is 4.74 Å². The zero-order chi connectivity index (χ0) is 11.6. The van der Waals surface area contributed by atoms with Crippen molar-refractivity contribution in [3.8, 4) is 0 Å². The van der Waals surface area contributed by atoms with Crippen LogP contribution in [0, 0.1) is 0 Å². The Morgan fingerprint density at radius 2 is 1.80 bits per heavy atom. The summed E-state index contributed by atoms with van der Waals surface area (Å²) in [5, 5.41) is 2.83. The standard InChI is InChI=1S/C9H18F3NO2/c1-2-6-14-7-3-4-13-5-8-15-9(10,11)12/h13H,2-8H2,1H3. The molecule has 0 radical (unpaired) electrons. The van der Waals surface area contributed by atoms with Crippen molar-refractivity contribution >= 4 is 0 Å². The van der Waals surface area contributed by atoms with Gasteiger partial charge in [0.15, 0.2) is 0 Å². The van der Waals surface area contributed by atoms with Gasteiger partial charge in [0.2, 0.25) is 0 Å². The van der Waals surface area contributed by atoms with Gasteiger partial charge in [-0.2, -0.15) is 0 Å². The van der Waals surface area contributed by atoms with Crippen LogP contribution in [-0.4, -0.2) is 39.3 Å². The van der Waals surface area contributed by atoms with Crippen LogP contribution in [0.2, 0.25) is 0 Å². The van der Waals surface area contributed by atoms with Crippen LogP contribution in [0.5, 0.6) is 0 Å². The zero-order valence-corrected chi connectivity index (χ0v) is 8.90. The Bertz CT molecular complexity index is 142. The maximum atomic E-state index is 11.5. The number of hydrogen-bond donors (Lipinski definition) is 1. The van der Waals surface area contributed by atoms with E-state index in [0.29, 0.717) is 13.2 Å². The predicted molar refractivity (Wildman–Crippen MR) is 50.6 cm³/mol. The average molecular weight is 229 g/mol. The van der Waals surface area contributed by atoms with E-state index in [4.69, 9.17) is 4.74 Å². The first-order valence-electron chi connectivity index (χ1n) is 5.05. The molecule has 0 saturated carbocycles. The summed E-state index contributed by atoms with van der Waals surface area (Å²) in [6.07, 6.45) is -2.75. The Hall–Kier alpha value is -0.330. The van der Waals surface area contributed by atoms with Gasteiger partial charge in [0.05, 0.1) is 6.61 Å². The Morgan fingerprint density at radius 3 is 2.40 bits per heavy atom. The van der Waals surface area contributed by atoms with Crippen LogP contribution in [0.1, 0.15) is 19.8 Å². The van der Waals surface area contributed by atoms with Crippen LogP contribution >= 0.6 is 0 Å². The average Bonchev–Trinajstić information content (AvgIpc) is 2.14. The third kappa shape index (κ3) is 13.7. The summed E-state index contributed by atoms with van der Waals surface area (Å²) in [5.41, 5.74) is 0. The highest BCUT2D eigenvalue weighted by atomic mass is 19.4. The molecule has 3 nitrogen and oxygen atoms in total. The van der Waals surface area contributed by atoms with E-state index in [1.54, 1.807) is 0 Å². The Balaban J connectivity index is 2.99. The lowest BCUT2D eigenvalue weighted by molar-refractivity contribution is -0.323. The summed E-state index contributed by atoms with van der Waals surface area (Å²) in [6, 6.07) is 0. The summed E-state index contributed by atoms with van der Waals surface area (Å²) in [4.78, 5) is 0. The Morgan fingerprint density at radius 1 is 1.07 bits per heavy atom. The normalized spacial score (nSPS) is 12.0. The van der Waals surface area contributed by atoms with Gasteiger partial charge in [-0.05, 0) is 19.4 Å². The molecular formula is C9H18F3NO2. The van der Waals surface area contributed by atoms with Crippen molar-refractivity contribution in [1.29, 1.82) is 0 Å². The Kier molecular flexibility index (Phi) is 8.74. The number of alkyl halides is 3. The molecule has 0 bridgehead atoms. The number of halogens is 3. The van der Waals surface area contributed by atoms with Gasteiger partial charge in [-0.15, -0.1) is 13.2 Å². The smallest absolute Gasteiger partial charge is 0.381 e. The summed E-state index contributed by atoms with van der Waals surface area (Å²) in [5.74, 6) is 0. The molecule has 0 atom stereocenters. The SMILES string of the molecule is CCCOCCCNCCOC(F)(F)F. The van der Waals surface area contributed by atoms with Gasteiger partial charge >= 0.3 is 6.36 Å². The fraction of sp³-hybridized carbons (Fsp3) is 1.00. The van der Waals surface area contributed by atoms with Crippen molar-refractivity contribution in [2.45, 2.75) is 26.1 Å². The number of hydrogen-bond acceptors (Lipinski definition) is 3. The third-order valence-corrected chi connectivity index (χ3v) is 1.54. The van der Waals surface area contributed by atoms with Gasteiger partial charge < -0.3 is 10.1 Å². The highest BCUT2D eigenvalue weighted by molar-refractivity contribution is 4.46. The van der Waals surface area contributed by atoms with Crippen LogP contribution in [0.15, 0.2) is 0 Å². The number of nitrogens with one attached hydrogen (secondary N) is 1. The summed E-state index contributed by atoms with van der Waals surface area (Å²) >= 11 is 0. The van der Waals surface area contributed by atoms with Crippen molar-refractivity contribution in [1.82, 2.24) is 5.32 Å². The highest BCUT2D eigenvalue weighted by Gasteiger charge is 2.28. The molecule has 0 aromatic rings. The van der Waals surface area contributed by atoms with E-state index in [1.165, 1.54) is 0 Å². The van der Waals surface area contributed by atoms with E-state index in [0.717, 1.165) is 19.4 Å². The van der Waals surface area contributed by atoms with Crippen LogP contribution in [0.3, 0.4) is 0 Å². The van der Waals surface area contributed by atoms with E-state index in [1.807, 2.05) is 6.92 Å². The molecule has 0 unspecified atom stereocenters.